The van der Waals surface area contributed by atoms with Crippen LogP contribution >= 0.6 is 0 Å². The number of rotatable bonds is 5. The highest BCUT2D eigenvalue weighted by Crippen LogP contribution is 2.10. The number of methoxy groups -OCH3 is 1. The predicted octanol–water partition coefficient (Wildman–Crippen LogP) is 0.623. The SMILES string of the molecule is COC(=O)CCCN(C)C1CCNCC1. The molecule has 0 amide bonds. The second-order valence-electron chi connectivity index (χ2n) is 4.14. The van der Waals surface area contributed by atoms with Crippen LogP contribution in [0.2, 0.25) is 0 Å². The minimum atomic E-state index is -0.103. The number of hydrogen-bond donors (Lipinski definition) is 1. The van der Waals surface area contributed by atoms with Gasteiger partial charge in [-0.2, -0.15) is 0 Å². The lowest BCUT2D eigenvalue weighted by Crippen LogP contribution is -2.41. The van der Waals surface area contributed by atoms with Gasteiger partial charge < -0.3 is 15.0 Å². The zero-order chi connectivity index (χ0) is 11.1. The van der Waals surface area contributed by atoms with Gasteiger partial charge in [0.15, 0.2) is 0 Å². The number of nitrogens with zero attached hydrogens (tertiary/aromatic N) is 1. The van der Waals surface area contributed by atoms with Crippen molar-refractivity contribution in [3.05, 3.63) is 0 Å². The number of hydrogen-bond acceptors (Lipinski definition) is 4. The van der Waals surface area contributed by atoms with Gasteiger partial charge in [-0.05, 0) is 45.9 Å². The van der Waals surface area contributed by atoms with E-state index in [9.17, 15) is 4.79 Å². The molecule has 1 N–H and O–H groups in total. The third-order valence-corrected chi connectivity index (χ3v) is 3.05. The molecule has 4 nitrogen and oxygen atoms in total. The molecular weight excluding hydrogens is 192 g/mol. The van der Waals surface area contributed by atoms with Crippen LogP contribution in [-0.2, 0) is 9.53 Å². The molecule has 0 radical (unpaired) electrons. The van der Waals surface area contributed by atoms with Gasteiger partial charge in [0, 0.05) is 12.5 Å². The van der Waals surface area contributed by atoms with Gasteiger partial charge in [-0.15, -0.1) is 0 Å². The van der Waals surface area contributed by atoms with E-state index in [0.717, 1.165) is 26.1 Å². The molecule has 0 bridgehead atoms. The van der Waals surface area contributed by atoms with Gasteiger partial charge in [-0.3, -0.25) is 4.79 Å². The fourth-order valence-electron chi connectivity index (χ4n) is 2.00. The maximum atomic E-state index is 10.9. The van der Waals surface area contributed by atoms with Crippen LogP contribution in [0.5, 0.6) is 0 Å². The van der Waals surface area contributed by atoms with Crippen molar-refractivity contribution in [3.8, 4) is 0 Å². The average Bonchev–Trinajstić information content (AvgIpc) is 2.29. The van der Waals surface area contributed by atoms with Gasteiger partial charge in [-0.25, -0.2) is 0 Å². The first kappa shape index (κ1) is 12.5. The Morgan fingerprint density at radius 1 is 1.47 bits per heavy atom. The molecule has 0 saturated carbocycles. The van der Waals surface area contributed by atoms with Gasteiger partial charge in [0.05, 0.1) is 7.11 Å². The number of piperidine rings is 1. The van der Waals surface area contributed by atoms with Crippen LogP contribution < -0.4 is 5.32 Å². The minimum absolute atomic E-state index is 0.103. The summed E-state index contributed by atoms with van der Waals surface area (Å²) in [7, 11) is 3.59. The van der Waals surface area contributed by atoms with Crippen LogP contribution in [0.25, 0.3) is 0 Å². The second kappa shape index (κ2) is 6.80. The minimum Gasteiger partial charge on any atom is -0.469 e. The zero-order valence-corrected chi connectivity index (χ0v) is 9.79. The van der Waals surface area contributed by atoms with E-state index in [4.69, 9.17) is 0 Å². The summed E-state index contributed by atoms with van der Waals surface area (Å²) in [6.45, 7) is 3.22. The fourth-order valence-corrected chi connectivity index (χ4v) is 2.00. The van der Waals surface area contributed by atoms with E-state index < -0.39 is 0 Å². The van der Waals surface area contributed by atoms with Crippen molar-refractivity contribution < 1.29 is 9.53 Å². The van der Waals surface area contributed by atoms with Gasteiger partial charge in [0.25, 0.3) is 0 Å². The molecule has 0 aromatic heterocycles. The summed E-state index contributed by atoms with van der Waals surface area (Å²) < 4.78 is 4.61. The van der Waals surface area contributed by atoms with E-state index in [2.05, 4.69) is 22.0 Å². The lowest BCUT2D eigenvalue weighted by atomic mass is 10.1. The molecule has 1 rings (SSSR count). The monoisotopic (exact) mass is 214 g/mol. The number of nitrogens with one attached hydrogen (secondary N) is 1. The molecule has 1 heterocycles. The molecule has 4 heteroatoms. The van der Waals surface area contributed by atoms with Crippen LogP contribution in [-0.4, -0.2) is 50.7 Å². The Morgan fingerprint density at radius 2 is 2.13 bits per heavy atom. The molecule has 0 unspecified atom stereocenters. The van der Waals surface area contributed by atoms with Crippen LogP contribution in [0, 0.1) is 0 Å². The van der Waals surface area contributed by atoms with Crippen molar-refractivity contribution >= 4 is 5.97 Å². The molecule has 1 aliphatic rings. The third kappa shape index (κ3) is 4.62. The predicted molar refractivity (Wildman–Crippen MR) is 59.8 cm³/mol. The third-order valence-electron chi connectivity index (χ3n) is 3.05. The molecule has 0 atom stereocenters. The maximum absolute atomic E-state index is 10.9. The number of carbonyl (C=O) groups is 1. The van der Waals surface area contributed by atoms with Crippen molar-refractivity contribution in [1.29, 1.82) is 0 Å². The Balaban J connectivity index is 2.11. The van der Waals surface area contributed by atoms with Crippen molar-refractivity contribution in [2.75, 3.05) is 33.8 Å². The maximum Gasteiger partial charge on any atom is 0.305 e. The van der Waals surface area contributed by atoms with Crippen LogP contribution in [0.1, 0.15) is 25.7 Å². The topological polar surface area (TPSA) is 41.6 Å². The van der Waals surface area contributed by atoms with Crippen LogP contribution in [0.3, 0.4) is 0 Å². The summed E-state index contributed by atoms with van der Waals surface area (Å²) in [6.07, 6.45) is 3.86. The van der Waals surface area contributed by atoms with Gasteiger partial charge in [0.1, 0.15) is 0 Å². The molecule has 0 spiro atoms. The molecule has 1 saturated heterocycles. The van der Waals surface area contributed by atoms with E-state index in [0.29, 0.717) is 12.5 Å². The average molecular weight is 214 g/mol. The number of ether oxygens (including phenoxy) is 1. The first-order valence-corrected chi connectivity index (χ1v) is 5.72. The van der Waals surface area contributed by atoms with E-state index in [1.165, 1.54) is 20.0 Å². The Morgan fingerprint density at radius 3 is 2.73 bits per heavy atom. The molecule has 1 aliphatic heterocycles. The lowest BCUT2D eigenvalue weighted by molar-refractivity contribution is -0.140. The lowest BCUT2D eigenvalue weighted by Gasteiger charge is -2.31. The summed E-state index contributed by atoms with van der Waals surface area (Å²) in [5, 5.41) is 3.35. The van der Waals surface area contributed by atoms with E-state index >= 15 is 0 Å². The summed E-state index contributed by atoms with van der Waals surface area (Å²) in [5.41, 5.74) is 0. The first-order chi connectivity index (χ1) is 7.24. The summed E-state index contributed by atoms with van der Waals surface area (Å²) in [4.78, 5) is 13.3. The smallest absolute Gasteiger partial charge is 0.305 e. The van der Waals surface area contributed by atoms with E-state index in [-0.39, 0.29) is 5.97 Å². The Hall–Kier alpha value is -0.610. The van der Waals surface area contributed by atoms with E-state index in [1.807, 2.05) is 0 Å². The second-order valence-corrected chi connectivity index (χ2v) is 4.14. The summed E-state index contributed by atoms with van der Waals surface area (Å²) in [5.74, 6) is -0.103. The molecule has 0 aromatic rings. The number of carbonyl (C=O) groups excluding carboxylic acids is 1. The quantitative estimate of drug-likeness (QED) is 0.681. The van der Waals surface area contributed by atoms with Crippen molar-refractivity contribution in [3.63, 3.8) is 0 Å². The Kier molecular flexibility index (Phi) is 5.65. The van der Waals surface area contributed by atoms with Gasteiger partial charge in [0.2, 0.25) is 0 Å². The normalized spacial score (nSPS) is 18.1. The van der Waals surface area contributed by atoms with Crippen molar-refractivity contribution in [2.45, 2.75) is 31.7 Å². The van der Waals surface area contributed by atoms with Crippen molar-refractivity contribution in [1.82, 2.24) is 10.2 Å². The molecule has 0 aromatic carbocycles. The Bertz CT molecular complexity index is 191. The molecular formula is C11H22N2O2. The first-order valence-electron chi connectivity index (χ1n) is 5.72. The van der Waals surface area contributed by atoms with Crippen LogP contribution in [0.15, 0.2) is 0 Å². The molecule has 0 aliphatic carbocycles. The molecule has 1 fully saturated rings. The standard InChI is InChI=1S/C11H22N2O2/c1-13(9-3-4-11(14)15-2)10-5-7-12-8-6-10/h10,12H,3-9H2,1-2H3. The fraction of sp³-hybridized carbons (Fsp3) is 0.909. The van der Waals surface area contributed by atoms with E-state index in [1.54, 1.807) is 0 Å². The Labute approximate surface area is 92.0 Å². The van der Waals surface area contributed by atoms with Crippen LogP contribution in [0.4, 0.5) is 0 Å². The summed E-state index contributed by atoms with van der Waals surface area (Å²) in [6, 6.07) is 0.684. The zero-order valence-electron chi connectivity index (χ0n) is 9.79. The molecule has 15 heavy (non-hydrogen) atoms. The molecule has 88 valence electrons. The van der Waals surface area contributed by atoms with Gasteiger partial charge in [-0.1, -0.05) is 0 Å². The highest BCUT2D eigenvalue weighted by atomic mass is 16.5. The van der Waals surface area contributed by atoms with Crippen molar-refractivity contribution in [2.24, 2.45) is 0 Å². The highest BCUT2D eigenvalue weighted by molar-refractivity contribution is 5.69. The summed E-state index contributed by atoms with van der Waals surface area (Å²) >= 11 is 0. The highest BCUT2D eigenvalue weighted by Gasteiger charge is 2.17. The largest absolute Gasteiger partial charge is 0.469 e. The number of esters is 1. The van der Waals surface area contributed by atoms with Gasteiger partial charge >= 0.3 is 5.97 Å².